The molecule has 134 valence electrons. The molecule has 2 heterocycles. The summed E-state index contributed by atoms with van der Waals surface area (Å²) in [6, 6.07) is 13.6. The van der Waals surface area contributed by atoms with Crippen LogP contribution in [0, 0.1) is 0 Å². The van der Waals surface area contributed by atoms with Gasteiger partial charge in [0.2, 0.25) is 6.73 Å². The Hall–Kier alpha value is -2.79. The largest absolute Gasteiger partial charge is 0.497 e. The average Bonchev–Trinajstić information content (AvgIpc) is 2.66. The standard InChI is InChI=1S/C21H21NO4/c1-13(2)22-11-18-19(25-12-22)9-8-16-17(10-20(23)26-21(16)18)14-4-6-15(24-3)7-5-14/h4-10,13H,11-12H2,1-3H3/p+1. The normalized spacial score (nSPS) is 16.4. The highest BCUT2D eigenvalue weighted by atomic mass is 16.5. The molecule has 1 aromatic heterocycles. The van der Waals surface area contributed by atoms with Crippen molar-refractivity contribution in [3.8, 4) is 22.6 Å². The maximum absolute atomic E-state index is 12.3. The van der Waals surface area contributed by atoms with Crippen molar-refractivity contribution in [2.24, 2.45) is 0 Å². The van der Waals surface area contributed by atoms with Gasteiger partial charge in [0.25, 0.3) is 0 Å². The topological polar surface area (TPSA) is 53.1 Å². The van der Waals surface area contributed by atoms with Crippen molar-refractivity contribution in [1.29, 1.82) is 0 Å². The summed E-state index contributed by atoms with van der Waals surface area (Å²) in [5.41, 5.74) is 3.05. The molecule has 0 fully saturated rings. The number of ether oxygens (including phenoxy) is 2. The van der Waals surface area contributed by atoms with Gasteiger partial charge in [0.1, 0.15) is 18.0 Å². The van der Waals surface area contributed by atoms with Crippen LogP contribution in [0.1, 0.15) is 19.4 Å². The van der Waals surface area contributed by atoms with Crippen LogP contribution in [-0.2, 0) is 6.54 Å². The zero-order valence-electron chi connectivity index (χ0n) is 15.2. The first-order valence-corrected chi connectivity index (χ1v) is 8.78. The fraction of sp³-hybridized carbons (Fsp3) is 0.286. The van der Waals surface area contributed by atoms with Crippen LogP contribution >= 0.6 is 0 Å². The first kappa shape index (κ1) is 16.7. The van der Waals surface area contributed by atoms with E-state index in [0.29, 0.717) is 18.4 Å². The van der Waals surface area contributed by atoms with Crippen LogP contribution in [-0.4, -0.2) is 19.9 Å². The zero-order chi connectivity index (χ0) is 18.3. The molecule has 4 rings (SSSR count). The predicted octanol–water partition coefficient (Wildman–Crippen LogP) is 2.61. The third kappa shape index (κ3) is 2.84. The maximum Gasteiger partial charge on any atom is 0.336 e. The number of hydrogen-bond donors (Lipinski definition) is 1. The van der Waals surface area contributed by atoms with Crippen molar-refractivity contribution >= 4 is 11.0 Å². The van der Waals surface area contributed by atoms with Crippen LogP contribution in [0.15, 0.2) is 51.7 Å². The van der Waals surface area contributed by atoms with E-state index in [4.69, 9.17) is 13.9 Å². The van der Waals surface area contributed by atoms with Gasteiger partial charge < -0.3 is 13.9 Å². The van der Waals surface area contributed by atoms with E-state index in [0.717, 1.165) is 40.1 Å². The van der Waals surface area contributed by atoms with Gasteiger partial charge in [-0.2, -0.15) is 0 Å². The van der Waals surface area contributed by atoms with Crippen LogP contribution in [0.25, 0.3) is 22.1 Å². The summed E-state index contributed by atoms with van der Waals surface area (Å²) in [7, 11) is 1.64. The number of nitrogens with one attached hydrogen (secondary N) is 1. The van der Waals surface area contributed by atoms with Crippen LogP contribution < -0.4 is 20.0 Å². The van der Waals surface area contributed by atoms with Crippen LogP contribution in [0.2, 0.25) is 0 Å². The van der Waals surface area contributed by atoms with E-state index in [1.807, 2.05) is 36.4 Å². The second-order valence-corrected chi connectivity index (χ2v) is 6.90. The van der Waals surface area contributed by atoms with Crippen LogP contribution in [0.3, 0.4) is 0 Å². The molecule has 3 aromatic rings. The lowest BCUT2D eigenvalue weighted by Gasteiger charge is -2.29. The van der Waals surface area contributed by atoms with Gasteiger partial charge >= 0.3 is 5.63 Å². The minimum Gasteiger partial charge on any atom is -0.497 e. The molecule has 0 saturated heterocycles. The molecule has 5 nitrogen and oxygen atoms in total. The summed E-state index contributed by atoms with van der Waals surface area (Å²) in [6.07, 6.45) is 0. The van der Waals surface area contributed by atoms with Crippen molar-refractivity contribution in [3.05, 3.63) is 58.4 Å². The average molecular weight is 352 g/mol. The van der Waals surface area contributed by atoms with E-state index in [1.54, 1.807) is 13.2 Å². The highest BCUT2D eigenvalue weighted by Crippen LogP contribution is 2.34. The zero-order valence-corrected chi connectivity index (χ0v) is 15.2. The Bertz CT molecular complexity index is 1000. The van der Waals surface area contributed by atoms with Gasteiger partial charge in [-0.3, -0.25) is 4.90 Å². The fourth-order valence-electron chi connectivity index (χ4n) is 3.40. The molecule has 0 saturated carbocycles. The molecule has 1 aliphatic rings. The molecule has 1 unspecified atom stereocenters. The number of hydrogen-bond acceptors (Lipinski definition) is 4. The third-order valence-corrected chi connectivity index (χ3v) is 5.01. The second kappa shape index (κ2) is 6.50. The summed E-state index contributed by atoms with van der Waals surface area (Å²) >= 11 is 0. The SMILES string of the molecule is COc1ccc(-c2cc(=O)oc3c4c(ccc23)OC[NH+](C(C)C)C4)cc1. The Labute approximate surface area is 151 Å². The molecule has 5 heteroatoms. The first-order chi connectivity index (χ1) is 12.6. The lowest BCUT2D eigenvalue weighted by molar-refractivity contribution is -0.952. The fourth-order valence-corrected chi connectivity index (χ4v) is 3.40. The molecule has 1 N–H and O–H groups in total. The van der Waals surface area contributed by atoms with Crippen molar-refractivity contribution in [3.63, 3.8) is 0 Å². The maximum atomic E-state index is 12.3. The van der Waals surface area contributed by atoms with Crippen molar-refractivity contribution in [1.82, 2.24) is 0 Å². The third-order valence-electron chi connectivity index (χ3n) is 5.01. The molecule has 0 bridgehead atoms. The minimum absolute atomic E-state index is 0.353. The van der Waals surface area contributed by atoms with Gasteiger partial charge in [0.15, 0.2) is 5.58 Å². The van der Waals surface area contributed by atoms with Crippen molar-refractivity contribution < 1.29 is 18.8 Å². The second-order valence-electron chi connectivity index (χ2n) is 6.90. The van der Waals surface area contributed by atoms with Gasteiger partial charge in [-0.05, 0) is 49.2 Å². The highest BCUT2D eigenvalue weighted by Gasteiger charge is 2.26. The van der Waals surface area contributed by atoms with Crippen LogP contribution in [0.4, 0.5) is 0 Å². The number of quaternary nitrogens is 1. The van der Waals surface area contributed by atoms with E-state index >= 15 is 0 Å². The van der Waals surface area contributed by atoms with Gasteiger partial charge in [-0.25, -0.2) is 4.79 Å². The molecule has 0 radical (unpaired) electrons. The number of rotatable bonds is 3. The predicted molar refractivity (Wildman–Crippen MR) is 99.8 cm³/mol. The molecule has 0 spiro atoms. The Morgan fingerprint density at radius 3 is 2.58 bits per heavy atom. The van der Waals surface area contributed by atoms with Gasteiger partial charge in [-0.15, -0.1) is 0 Å². The van der Waals surface area contributed by atoms with E-state index in [9.17, 15) is 4.79 Å². The lowest BCUT2D eigenvalue weighted by atomic mass is 9.99. The summed E-state index contributed by atoms with van der Waals surface area (Å²) in [5, 5.41) is 0.919. The molecule has 0 aliphatic carbocycles. The molecule has 0 amide bonds. The molecule has 1 atom stereocenters. The monoisotopic (exact) mass is 352 g/mol. The summed E-state index contributed by atoms with van der Waals surface area (Å²) in [4.78, 5) is 13.6. The Morgan fingerprint density at radius 1 is 1.12 bits per heavy atom. The van der Waals surface area contributed by atoms with Crippen molar-refractivity contribution in [2.45, 2.75) is 26.4 Å². The quantitative estimate of drug-likeness (QED) is 0.736. The number of benzene rings is 2. The summed E-state index contributed by atoms with van der Waals surface area (Å²) < 4.78 is 16.8. The van der Waals surface area contributed by atoms with E-state index < -0.39 is 0 Å². The van der Waals surface area contributed by atoms with Gasteiger partial charge in [0, 0.05) is 11.5 Å². The highest BCUT2D eigenvalue weighted by molar-refractivity contribution is 5.95. The van der Waals surface area contributed by atoms with E-state index in [1.165, 1.54) is 4.90 Å². The van der Waals surface area contributed by atoms with E-state index in [2.05, 4.69) is 13.8 Å². The Morgan fingerprint density at radius 2 is 1.88 bits per heavy atom. The van der Waals surface area contributed by atoms with Crippen molar-refractivity contribution in [2.75, 3.05) is 13.8 Å². The van der Waals surface area contributed by atoms with Gasteiger partial charge in [0.05, 0.1) is 18.7 Å². The Kier molecular flexibility index (Phi) is 4.17. The molecular formula is C21H22NO4+. The molecular weight excluding hydrogens is 330 g/mol. The number of fused-ring (bicyclic) bond motifs is 3. The van der Waals surface area contributed by atoms with Gasteiger partial charge in [-0.1, -0.05) is 12.1 Å². The molecule has 1 aliphatic heterocycles. The summed E-state index contributed by atoms with van der Waals surface area (Å²) in [5.74, 6) is 1.58. The minimum atomic E-state index is -0.353. The first-order valence-electron chi connectivity index (χ1n) is 8.78. The molecule has 2 aromatic carbocycles. The number of methoxy groups -OCH3 is 1. The smallest absolute Gasteiger partial charge is 0.336 e. The summed E-state index contributed by atoms with van der Waals surface area (Å²) in [6.45, 7) is 5.72. The lowest BCUT2D eigenvalue weighted by Crippen LogP contribution is -3.15. The molecule has 26 heavy (non-hydrogen) atoms. The Balaban J connectivity index is 1.90. The van der Waals surface area contributed by atoms with Crippen LogP contribution in [0.5, 0.6) is 11.5 Å². The van der Waals surface area contributed by atoms with E-state index in [-0.39, 0.29) is 5.63 Å².